The molecule has 2 atom stereocenters. The topological polar surface area (TPSA) is 76.3 Å². The molecule has 2 rings (SSSR count). The zero-order valence-corrected chi connectivity index (χ0v) is 14.1. The third-order valence-corrected chi connectivity index (χ3v) is 5.65. The second kappa shape index (κ2) is 7.33. The molecule has 0 spiro atoms. The van der Waals surface area contributed by atoms with Gasteiger partial charge in [-0.15, -0.1) is 12.4 Å². The van der Waals surface area contributed by atoms with Crippen molar-refractivity contribution in [1.82, 2.24) is 9.29 Å². The van der Waals surface area contributed by atoms with Crippen LogP contribution in [0, 0.1) is 0 Å². The number of piperidine rings is 1. The maximum Gasteiger partial charge on any atom is 0.433 e. The van der Waals surface area contributed by atoms with Gasteiger partial charge in [0.15, 0.2) is 0 Å². The lowest BCUT2D eigenvalue weighted by Crippen LogP contribution is -2.51. The van der Waals surface area contributed by atoms with E-state index in [0.29, 0.717) is 25.5 Å². The molecule has 1 aliphatic rings. The van der Waals surface area contributed by atoms with Crippen LogP contribution < -0.4 is 5.73 Å². The summed E-state index contributed by atoms with van der Waals surface area (Å²) in [5.41, 5.74) is 4.73. The molecule has 1 aliphatic heterocycles. The minimum absolute atomic E-state index is 0. The van der Waals surface area contributed by atoms with Crippen LogP contribution in [0.25, 0.3) is 0 Å². The van der Waals surface area contributed by atoms with Gasteiger partial charge in [0.25, 0.3) is 0 Å². The van der Waals surface area contributed by atoms with Gasteiger partial charge in [-0.2, -0.15) is 17.5 Å². The van der Waals surface area contributed by atoms with E-state index in [9.17, 15) is 21.6 Å². The molecule has 0 radical (unpaired) electrons. The summed E-state index contributed by atoms with van der Waals surface area (Å²) in [6.07, 6.45) is -1.61. The Balaban J connectivity index is 0.00000264. The molecular weight excluding hydrogens is 355 g/mol. The second-order valence-electron chi connectivity index (χ2n) is 5.41. The van der Waals surface area contributed by atoms with E-state index in [-0.39, 0.29) is 29.4 Å². The Morgan fingerprint density at radius 2 is 2.00 bits per heavy atom. The third kappa shape index (κ3) is 4.34. The first kappa shape index (κ1) is 20.1. The Morgan fingerprint density at radius 3 is 2.48 bits per heavy atom. The summed E-state index contributed by atoms with van der Waals surface area (Å²) in [5, 5.41) is 0. The third-order valence-electron chi connectivity index (χ3n) is 3.74. The smallest absolute Gasteiger partial charge is 0.326 e. The molecule has 0 aliphatic carbocycles. The number of sulfonamides is 1. The van der Waals surface area contributed by atoms with E-state index in [2.05, 4.69) is 4.98 Å². The normalized spacial score (nSPS) is 21.5. The highest BCUT2D eigenvalue weighted by Gasteiger charge is 2.37. The molecule has 0 saturated carbocycles. The summed E-state index contributed by atoms with van der Waals surface area (Å²) in [6.45, 7) is 2.04. The first-order valence-electron chi connectivity index (χ1n) is 6.94. The monoisotopic (exact) mass is 373 g/mol. The van der Waals surface area contributed by atoms with Crippen LogP contribution in [0.5, 0.6) is 0 Å². The van der Waals surface area contributed by atoms with Gasteiger partial charge in [-0.25, -0.2) is 8.42 Å². The van der Waals surface area contributed by atoms with Gasteiger partial charge in [-0.05, 0) is 31.9 Å². The zero-order chi connectivity index (χ0) is 16.5. The highest BCUT2D eigenvalue weighted by molar-refractivity contribution is 7.89. The molecular formula is C13H19ClF3N3O2S. The van der Waals surface area contributed by atoms with E-state index in [4.69, 9.17) is 5.73 Å². The van der Waals surface area contributed by atoms with Crippen molar-refractivity contribution < 1.29 is 21.6 Å². The lowest BCUT2D eigenvalue weighted by molar-refractivity contribution is -0.141. The van der Waals surface area contributed by atoms with Crippen LogP contribution in [0.2, 0.25) is 0 Å². The number of alkyl halides is 3. The van der Waals surface area contributed by atoms with E-state index in [1.807, 2.05) is 0 Å². The van der Waals surface area contributed by atoms with Crippen molar-refractivity contribution in [3.63, 3.8) is 0 Å². The van der Waals surface area contributed by atoms with Gasteiger partial charge in [0.2, 0.25) is 10.0 Å². The number of rotatable bonds is 3. The Hall–Kier alpha value is -0.900. The Bertz CT molecular complexity index is 620. The first-order valence-corrected chi connectivity index (χ1v) is 8.38. The number of pyridine rings is 1. The molecule has 0 bridgehead atoms. The van der Waals surface area contributed by atoms with E-state index >= 15 is 0 Å². The zero-order valence-electron chi connectivity index (χ0n) is 12.5. The van der Waals surface area contributed by atoms with Crippen LogP contribution >= 0.6 is 12.4 Å². The van der Waals surface area contributed by atoms with E-state index in [0.717, 1.165) is 18.7 Å². The molecule has 0 aromatic carbocycles. The van der Waals surface area contributed by atoms with Crippen LogP contribution in [0.4, 0.5) is 13.2 Å². The fourth-order valence-electron chi connectivity index (χ4n) is 2.59. The van der Waals surface area contributed by atoms with Gasteiger partial charge in [-0.1, -0.05) is 6.42 Å². The molecule has 1 aromatic rings. The largest absolute Gasteiger partial charge is 0.433 e. The van der Waals surface area contributed by atoms with Crippen molar-refractivity contribution in [2.24, 2.45) is 5.73 Å². The van der Waals surface area contributed by atoms with Crippen molar-refractivity contribution in [3.8, 4) is 0 Å². The van der Waals surface area contributed by atoms with E-state index < -0.39 is 21.9 Å². The van der Waals surface area contributed by atoms with Crippen LogP contribution in [0.15, 0.2) is 23.2 Å². The van der Waals surface area contributed by atoms with Gasteiger partial charge in [0.1, 0.15) is 10.6 Å². The molecule has 2 N–H and O–H groups in total. The highest BCUT2D eigenvalue weighted by atomic mass is 35.5. The van der Waals surface area contributed by atoms with Crippen molar-refractivity contribution >= 4 is 22.4 Å². The van der Waals surface area contributed by atoms with Crippen LogP contribution in [0.1, 0.15) is 31.9 Å². The molecule has 23 heavy (non-hydrogen) atoms. The molecule has 2 heterocycles. The SMILES string of the molecule is CC(N)C1CCCCN1S(=O)(=O)c1ccc(C(F)(F)F)nc1.Cl. The van der Waals surface area contributed by atoms with E-state index in [1.165, 1.54) is 4.31 Å². The highest BCUT2D eigenvalue weighted by Crippen LogP contribution is 2.30. The van der Waals surface area contributed by atoms with Gasteiger partial charge < -0.3 is 5.73 Å². The van der Waals surface area contributed by atoms with E-state index in [1.54, 1.807) is 6.92 Å². The summed E-state index contributed by atoms with van der Waals surface area (Å²) in [7, 11) is -3.89. The van der Waals surface area contributed by atoms with Crippen LogP contribution in [-0.4, -0.2) is 36.3 Å². The standard InChI is InChI=1S/C13H18F3N3O2S.ClH/c1-9(17)11-4-2-3-7-19(11)22(20,21)10-5-6-12(18-8-10)13(14,15)16;/h5-6,8-9,11H,2-4,7,17H2,1H3;1H. The fraction of sp³-hybridized carbons (Fsp3) is 0.615. The maximum absolute atomic E-state index is 12.6. The summed E-state index contributed by atoms with van der Waals surface area (Å²) in [4.78, 5) is 2.98. The molecule has 2 unspecified atom stereocenters. The molecule has 10 heteroatoms. The lowest BCUT2D eigenvalue weighted by atomic mass is 10.00. The van der Waals surface area contributed by atoms with Gasteiger partial charge in [0.05, 0.1) is 0 Å². The lowest BCUT2D eigenvalue weighted by Gasteiger charge is -2.36. The summed E-state index contributed by atoms with van der Waals surface area (Å²) in [6, 6.07) is 0.925. The fourth-order valence-corrected chi connectivity index (χ4v) is 4.31. The first-order chi connectivity index (χ1) is 10.1. The summed E-state index contributed by atoms with van der Waals surface area (Å²) in [5.74, 6) is 0. The molecule has 0 amide bonds. The van der Waals surface area contributed by atoms with Crippen LogP contribution in [0.3, 0.4) is 0 Å². The number of nitrogens with zero attached hydrogens (tertiary/aromatic N) is 2. The predicted molar refractivity (Wildman–Crippen MR) is 81.7 cm³/mol. The Morgan fingerprint density at radius 1 is 1.35 bits per heavy atom. The molecule has 5 nitrogen and oxygen atoms in total. The minimum Gasteiger partial charge on any atom is -0.326 e. The second-order valence-corrected chi connectivity index (χ2v) is 7.31. The number of halogens is 4. The molecule has 1 saturated heterocycles. The number of hydrogen-bond donors (Lipinski definition) is 1. The number of nitrogens with two attached hydrogens (primary N) is 1. The van der Waals surface area contributed by atoms with Gasteiger partial charge in [0, 0.05) is 24.8 Å². The van der Waals surface area contributed by atoms with Crippen molar-refractivity contribution in [1.29, 1.82) is 0 Å². The maximum atomic E-state index is 12.6. The Labute approximate surface area is 139 Å². The average Bonchev–Trinajstić information content (AvgIpc) is 2.46. The number of hydrogen-bond acceptors (Lipinski definition) is 4. The molecule has 1 fully saturated rings. The summed E-state index contributed by atoms with van der Waals surface area (Å²) >= 11 is 0. The predicted octanol–water partition coefficient (Wildman–Crippen LogP) is 2.41. The van der Waals surface area contributed by atoms with Crippen molar-refractivity contribution in [2.45, 2.75) is 49.3 Å². The Kier molecular flexibility index (Phi) is 6.42. The van der Waals surface area contributed by atoms with Gasteiger partial charge >= 0.3 is 6.18 Å². The van der Waals surface area contributed by atoms with Crippen LogP contribution in [-0.2, 0) is 16.2 Å². The molecule has 1 aromatic heterocycles. The van der Waals surface area contributed by atoms with Gasteiger partial charge in [-0.3, -0.25) is 4.98 Å². The summed E-state index contributed by atoms with van der Waals surface area (Å²) < 4.78 is 64.0. The van der Waals surface area contributed by atoms with Crippen molar-refractivity contribution in [2.75, 3.05) is 6.54 Å². The molecule has 132 valence electrons. The van der Waals surface area contributed by atoms with Crippen molar-refractivity contribution in [3.05, 3.63) is 24.0 Å². The average molecular weight is 374 g/mol. The quantitative estimate of drug-likeness (QED) is 0.882. The number of aromatic nitrogens is 1. The minimum atomic E-state index is -4.60.